The van der Waals surface area contributed by atoms with Gasteiger partial charge in [0.2, 0.25) is 0 Å². The van der Waals surface area contributed by atoms with E-state index in [0.717, 1.165) is 22.9 Å². The summed E-state index contributed by atoms with van der Waals surface area (Å²) in [5.74, 6) is 0. The van der Waals surface area contributed by atoms with Crippen LogP contribution in [-0.4, -0.2) is 12.3 Å². The molecule has 1 aliphatic rings. The van der Waals surface area contributed by atoms with Gasteiger partial charge in [-0.25, -0.2) is 0 Å². The summed E-state index contributed by atoms with van der Waals surface area (Å²) in [4.78, 5) is 10.3. The number of halogens is 1. The van der Waals surface area contributed by atoms with Crippen LogP contribution in [0.3, 0.4) is 0 Å². The first-order chi connectivity index (χ1) is 6.31. The van der Waals surface area contributed by atoms with Crippen molar-refractivity contribution >= 4 is 27.9 Å². The summed E-state index contributed by atoms with van der Waals surface area (Å²) in [6, 6.07) is 6.36. The summed E-state index contributed by atoms with van der Waals surface area (Å²) in [6.07, 6.45) is 2.49. The fourth-order valence-electron chi connectivity index (χ4n) is 1.68. The maximum Gasteiger partial charge on any atom is 0.122 e. The Bertz CT molecular complexity index is 338. The first-order valence-corrected chi connectivity index (χ1v) is 5.08. The molecule has 68 valence electrons. The van der Waals surface area contributed by atoms with Crippen molar-refractivity contribution in [1.82, 2.24) is 0 Å². The van der Waals surface area contributed by atoms with Crippen LogP contribution in [-0.2, 0) is 11.2 Å². The molecule has 0 aromatic heterocycles. The Morgan fingerprint density at radius 2 is 2.46 bits per heavy atom. The van der Waals surface area contributed by atoms with Gasteiger partial charge in [-0.15, -0.1) is 0 Å². The third-order valence-electron chi connectivity index (χ3n) is 2.31. The van der Waals surface area contributed by atoms with Crippen molar-refractivity contribution in [2.45, 2.75) is 18.9 Å². The van der Waals surface area contributed by atoms with Crippen molar-refractivity contribution in [3.05, 3.63) is 28.2 Å². The summed E-state index contributed by atoms with van der Waals surface area (Å²) in [5, 5.41) is 3.31. The van der Waals surface area contributed by atoms with E-state index in [1.807, 2.05) is 18.2 Å². The number of fused-ring (bicyclic) bond motifs is 1. The SMILES string of the molecule is O=CCC1Cc2c(Br)cccc2N1. The van der Waals surface area contributed by atoms with Crippen molar-refractivity contribution in [2.75, 3.05) is 5.32 Å². The molecular weight excluding hydrogens is 230 g/mol. The number of hydrogen-bond donors (Lipinski definition) is 1. The first-order valence-electron chi connectivity index (χ1n) is 4.29. The van der Waals surface area contributed by atoms with E-state index in [1.54, 1.807) is 0 Å². The van der Waals surface area contributed by atoms with E-state index >= 15 is 0 Å². The molecule has 0 aliphatic carbocycles. The van der Waals surface area contributed by atoms with E-state index in [9.17, 15) is 4.79 Å². The van der Waals surface area contributed by atoms with Gasteiger partial charge < -0.3 is 10.1 Å². The standard InChI is InChI=1S/C10H10BrNO/c11-9-2-1-3-10-8(9)6-7(12-10)4-5-13/h1-3,5,7,12H,4,6H2. The molecule has 0 spiro atoms. The lowest BCUT2D eigenvalue weighted by Gasteiger charge is -2.04. The third-order valence-corrected chi connectivity index (χ3v) is 3.05. The number of hydrogen-bond acceptors (Lipinski definition) is 2. The average molecular weight is 240 g/mol. The lowest BCUT2D eigenvalue weighted by Crippen LogP contribution is -2.15. The molecule has 13 heavy (non-hydrogen) atoms. The van der Waals surface area contributed by atoms with Crippen LogP contribution in [0.15, 0.2) is 22.7 Å². The zero-order valence-corrected chi connectivity index (χ0v) is 8.67. The van der Waals surface area contributed by atoms with E-state index in [-0.39, 0.29) is 6.04 Å². The average Bonchev–Trinajstić information content (AvgIpc) is 2.49. The van der Waals surface area contributed by atoms with Gasteiger partial charge in [0.15, 0.2) is 0 Å². The highest BCUT2D eigenvalue weighted by Gasteiger charge is 2.21. The van der Waals surface area contributed by atoms with Gasteiger partial charge in [-0.05, 0) is 24.1 Å². The van der Waals surface area contributed by atoms with Gasteiger partial charge in [0, 0.05) is 22.6 Å². The molecule has 1 aromatic carbocycles. The number of nitrogens with one attached hydrogen (secondary N) is 1. The molecule has 0 bridgehead atoms. The van der Waals surface area contributed by atoms with E-state index < -0.39 is 0 Å². The van der Waals surface area contributed by atoms with E-state index in [4.69, 9.17) is 0 Å². The molecule has 2 nitrogen and oxygen atoms in total. The lowest BCUT2D eigenvalue weighted by atomic mass is 10.1. The van der Waals surface area contributed by atoms with Crippen LogP contribution >= 0.6 is 15.9 Å². The van der Waals surface area contributed by atoms with Crippen LogP contribution in [0.2, 0.25) is 0 Å². The molecular formula is C10H10BrNO. The number of aldehydes is 1. The third kappa shape index (κ3) is 1.61. The Morgan fingerprint density at radius 3 is 3.15 bits per heavy atom. The molecule has 1 atom stereocenters. The number of carbonyl (C=O) groups excluding carboxylic acids is 1. The second-order valence-corrected chi connectivity index (χ2v) is 4.07. The zero-order valence-electron chi connectivity index (χ0n) is 7.09. The van der Waals surface area contributed by atoms with Crippen molar-refractivity contribution in [3.63, 3.8) is 0 Å². The molecule has 1 unspecified atom stereocenters. The first kappa shape index (κ1) is 8.75. The fourth-order valence-corrected chi connectivity index (χ4v) is 2.21. The minimum Gasteiger partial charge on any atom is -0.381 e. The van der Waals surface area contributed by atoms with Gasteiger partial charge in [0.1, 0.15) is 6.29 Å². The Kier molecular flexibility index (Phi) is 2.36. The maximum atomic E-state index is 10.3. The Labute approximate surface area is 85.5 Å². The molecule has 1 N–H and O–H groups in total. The highest BCUT2D eigenvalue weighted by Crippen LogP contribution is 2.32. The minimum absolute atomic E-state index is 0.284. The lowest BCUT2D eigenvalue weighted by molar-refractivity contribution is -0.108. The van der Waals surface area contributed by atoms with Crippen molar-refractivity contribution in [3.8, 4) is 0 Å². The Morgan fingerprint density at radius 1 is 1.62 bits per heavy atom. The molecule has 2 rings (SSSR count). The molecule has 0 saturated heterocycles. The van der Waals surface area contributed by atoms with Gasteiger partial charge in [-0.1, -0.05) is 22.0 Å². The Hall–Kier alpha value is -0.830. The highest BCUT2D eigenvalue weighted by atomic mass is 79.9. The second kappa shape index (κ2) is 3.50. The van der Waals surface area contributed by atoms with E-state index in [2.05, 4.69) is 21.2 Å². The molecule has 0 saturated carbocycles. The maximum absolute atomic E-state index is 10.3. The topological polar surface area (TPSA) is 29.1 Å². The van der Waals surface area contributed by atoms with Gasteiger partial charge in [0.25, 0.3) is 0 Å². The quantitative estimate of drug-likeness (QED) is 0.804. The molecule has 3 heteroatoms. The van der Waals surface area contributed by atoms with Crippen molar-refractivity contribution < 1.29 is 4.79 Å². The number of benzene rings is 1. The van der Waals surface area contributed by atoms with E-state index in [0.29, 0.717) is 6.42 Å². The Balaban J connectivity index is 2.24. The van der Waals surface area contributed by atoms with Gasteiger partial charge in [-0.3, -0.25) is 0 Å². The van der Waals surface area contributed by atoms with Crippen LogP contribution in [0.5, 0.6) is 0 Å². The van der Waals surface area contributed by atoms with Gasteiger partial charge >= 0.3 is 0 Å². The summed E-state index contributed by atoms with van der Waals surface area (Å²) in [7, 11) is 0. The van der Waals surface area contributed by atoms with Crippen LogP contribution in [0.4, 0.5) is 5.69 Å². The number of rotatable bonds is 2. The van der Waals surface area contributed by atoms with Gasteiger partial charge in [-0.2, -0.15) is 0 Å². The number of anilines is 1. The smallest absolute Gasteiger partial charge is 0.122 e. The monoisotopic (exact) mass is 239 g/mol. The molecule has 0 radical (unpaired) electrons. The summed E-state index contributed by atoms with van der Waals surface area (Å²) in [6.45, 7) is 0. The summed E-state index contributed by atoms with van der Waals surface area (Å²) < 4.78 is 1.13. The fraction of sp³-hybridized carbons (Fsp3) is 0.300. The van der Waals surface area contributed by atoms with Crippen LogP contribution in [0, 0.1) is 0 Å². The van der Waals surface area contributed by atoms with Crippen molar-refractivity contribution in [1.29, 1.82) is 0 Å². The molecule has 0 fully saturated rings. The van der Waals surface area contributed by atoms with E-state index in [1.165, 1.54) is 5.56 Å². The van der Waals surface area contributed by atoms with Crippen LogP contribution in [0.1, 0.15) is 12.0 Å². The van der Waals surface area contributed by atoms with Crippen molar-refractivity contribution in [2.24, 2.45) is 0 Å². The van der Waals surface area contributed by atoms with Crippen LogP contribution in [0.25, 0.3) is 0 Å². The summed E-state index contributed by atoms with van der Waals surface area (Å²) >= 11 is 3.50. The predicted octanol–water partition coefficient (Wildman–Crippen LogP) is 2.37. The minimum atomic E-state index is 0.284. The zero-order chi connectivity index (χ0) is 9.26. The second-order valence-electron chi connectivity index (χ2n) is 3.21. The number of carbonyl (C=O) groups is 1. The van der Waals surface area contributed by atoms with Crippen LogP contribution < -0.4 is 5.32 Å². The molecule has 1 heterocycles. The molecule has 0 amide bonds. The largest absolute Gasteiger partial charge is 0.381 e. The summed E-state index contributed by atoms with van der Waals surface area (Å²) in [5.41, 5.74) is 2.44. The predicted molar refractivity (Wildman–Crippen MR) is 55.9 cm³/mol. The van der Waals surface area contributed by atoms with Gasteiger partial charge in [0.05, 0.1) is 0 Å². The molecule has 1 aliphatic heterocycles. The normalized spacial score (nSPS) is 19.3. The molecule has 1 aromatic rings. The highest BCUT2D eigenvalue weighted by molar-refractivity contribution is 9.10.